The fourth-order valence-electron chi connectivity index (χ4n) is 2.46. The van der Waals surface area contributed by atoms with Gasteiger partial charge in [-0.3, -0.25) is 0 Å². The lowest BCUT2D eigenvalue weighted by molar-refractivity contribution is 0.0819. The number of methoxy groups -OCH3 is 1. The van der Waals surface area contributed by atoms with Crippen molar-refractivity contribution in [2.45, 2.75) is 25.4 Å². The first-order chi connectivity index (χ1) is 8.74. The zero-order valence-corrected chi connectivity index (χ0v) is 12.4. The molecule has 1 fully saturated rings. The van der Waals surface area contributed by atoms with E-state index in [2.05, 4.69) is 39.0 Å². The summed E-state index contributed by atoms with van der Waals surface area (Å²) >= 11 is 3.67. The van der Waals surface area contributed by atoms with Crippen molar-refractivity contribution in [2.24, 2.45) is 5.73 Å². The fraction of sp³-hybridized carbons (Fsp3) is 0.571. The molecule has 0 amide bonds. The quantitative estimate of drug-likeness (QED) is 0.928. The molecule has 0 aromatic heterocycles. The number of hydrogen-bond donors (Lipinski definition) is 1. The van der Waals surface area contributed by atoms with E-state index in [-0.39, 0.29) is 0 Å². The summed E-state index contributed by atoms with van der Waals surface area (Å²) in [5.74, 6) is 0. The van der Waals surface area contributed by atoms with Gasteiger partial charge in [0.05, 0.1) is 11.8 Å². The van der Waals surface area contributed by atoms with Gasteiger partial charge in [-0.25, -0.2) is 0 Å². The number of nitrogens with two attached hydrogens (primary N) is 1. The van der Waals surface area contributed by atoms with Crippen LogP contribution in [0.15, 0.2) is 22.7 Å². The van der Waals surface area contributed by atoms with Gasteiger partial charge in [0.15, 0.2) is 0 Å². The van der Waals surface area contributed by atoms with Crippen molar-refractivity contribution in [3.63, 3.8) is 0 Å². The summed E-state index contributed by atoms with van der Waals surface area (Å²) in [5.41, 5.74) is 8.16. The molecule has 0 saturated carbocycles. The Balaban J connectivity index is 2.05. The zero-order chi connectivity index (χ0) is 13.0. The highest BCUT2D eigenvalue weighted by Gasteiger charge is 2.20. The van der Waals surface area contributed by atoms with Gasteiger partial charge in [-0.05, 0) is 59.4 Å². The van der Waals surface area contributed by atoms with E-state index in [1.54, 1.807) is 7.11 Å². The maximum atomic E-state index is 5.58. The van der Waals surface area contributed by atoms with E-state index < -0.39 is 0 Å². The maximum Gasteiger partial charge on any atom is 0.0605 e. The molecule has 0 spiro atoms. The number of anilines is 1. The molecule has 3 nitrogen and oxygen atoms in total. The summed E-state index contributed by atoms with van der Waals surface area (Å²) in [4.78, 5) is 2.42. The lowest BCUT2D eigenvalue weighted by Gasteiger charge is -2.33. The molecule has 18 heavy (non-hydrogen) atoms. The lowest BCUT2D eigenvalue weighted by Crippen LogP contribution is -2.36. The summed E-state index contributed by atoms with van der Waals surface area (Å²) in [7, 11) is 1.80. The smallest absolute Gasteiger partial charge is 0.0605 e. The predicted octanol–water partition coefficient (Wildman–Crippen LogP) is 2.57. The van der Waals surface area contributed by atoms with E-state index in [0.29, 0.717) is 12.6 Å². The Hall–Kier alpha value is -0.580. The Morgan fingerprint density at radius 2 is 2.11 bits per heavy atom. The molecule has 0 atom stereocenters. The van der Waals surface area contributed by atoms with Gasteiger partial charge in [-0.1, -0.05) is 6.07 Å². The second-order valence-electron chi connectivity index (χ2n) is 4.75. The van der Waals surface area contributed by atoms with Crippen LogP contribution in [0.3, 0.4) is 0 Å². The van der Waals surface area contributed by atoms with Gasteiger partial charge >= 0.3 is 0 Å². The summed E-state index contributed by atoms with van der Waals surface area (Å²) in [6, 6.07) is 6.56. The number of benzene rings is 1. The Morgan fingerprint density at radius 1 is 1.39 bits per heavy atom. The normalized spacial score (nSPS) is 17.2. The third kappa shape index (κ3) is 3.25. The number of rotatable bonds is 4. The molecule has 1 heterocycles. The van der Waals surface area contributed by atoms with E-state index in [1.165, 1.54) is 15.7 Å². The summed E-state index contributed by atoms with van der Waals surface area (Å²) < 4.78 is 6.58. The number of piperidine rings is 1. The summed E-state index contributed by atoms with van der Waals surface area (Å²) in [6.07, 6.45) is 3.57. The third-order valence-corrected chi connectivity index (χ3v) is 4.20. The maximum absolute atomic E-state index is 5.58. The summed E-state index contributed by atoms with van der Waals surface area (Å²) in [5, 5.41) is 0. The zero-order valence-electron chi connectivity index (χ0n) is 10.9. The monoisotopic (exact) mass is 312 g/mol. The third-order valence-electron chi connectivity index (χ3n) is 3.56. The fourth-order valence-corrected chi connectivity index (χ4v) is 3.14. The highest BCUT2D eigenvalue weighted by molar-refractivity contribution is 9.10. The minimum absolute atomic E-state index is 0.427. The Kier molecular flexibility index (Phi) is 5.03. The van der Waals surface area contributed by atoms with Gasteiger partial charge in [0.1, 0.15) is 0 Å². The van der Waals surface area contributed by atoms with Crippen molar-refractivity contribution in [2.75, 3.05) is 31.6 Å². The van der Waals surface area contributed by atoms with E-state index in [9.17, 15) is 0 Å². The molecule has 1 aliphatic rings. The molecule has 0 bridgehead atoms. The average Bonchev–Trinajstić information content (AvgIpc) is 2.40. The molecule has 2 N–H and O–H groups in total. The molecular formula is C14H21BrN2O. The number of ether oxygens (including phenoxy) is 1. The van der Waals surface area contributed by atoms with Crippen LogP contribution < -0.4 is 10.6 Å². The Bertz CT molecular complexity index is 389. The first kappa shape index (κ1) is 13.8. The van der Waals surface area contributed by atoms with Crippen LogP contribution in [0.5, 0.6) is 0 Å². The van der Waals surface area contributed by atoms with E-state index in [0.717, 1.165) is 32.4 Å². The molecule has 2 rings (SSSR count). The van der Waals surface area contributed by atoms with Crippen molar-refractivity contribution in [1.82, 2.24) is 0 Å². The second kappa shape index (κ2) is 6.55. The van der Waals surface area contributed by atoms with E-state index in [4.69, 9.17) is 10.5 Å². The molecule has 1 aromatic rings. The minimum atomic E-state index is 0.427. The van der Waals surface area contributed by atoms with Crippen molar-refractivity contribution < 1.29 is 4.74 Å². The second-order valence-corrected chi connectivity index (χ2v) is 5.60. The molecule has 4 heteroatoms. The van der Waals surface area contributed by atoms with Crippen molar-refractivity contribution >= 4 is 21.6 Å². The SMILES string of the molecule is COC1CCN(c2ccc(CCN)cc2Br)CC1. The van der Waals surface area contributed by atoms with Crippen LogP contribution in [0.2, 0.25) is 0 Å². The topological polar surface area (TPSA) is 38.5 Å². The van der Waals surface area contributed by atoms with Gasteiger partial charge in [0.25, 0.3) is 0 Å². The largest absolute Gasteiger partial charge is 0.381 e. The van der Waals surface area contributed by atoms with Crippen molar-refractivity contribution in [3.05, 3.63) is 28.2 Å². The van der Waals surface area contributed by atoms with Gasteiger partial charge in [-0.15, -0.1) is 0 Å². The van der Waals surface area contributed by atoms with E-state index in [1.807, 2.05) is 0 Å². The predicted molar refractivity (Wildman–Crippen MR) is 79.1 cm³/mol. The van der Waals surface area contributed by atoms with E-state index >= 15 is 0 Å². The average molecular weight is 313 g/mol. The lowest BCUT2D eigenvalue weighted by atomic mass is 10.1. The molecular weight excluding hydrogens is 292 g/mol. The van der Waals surface area contributed by atoms with Crippen molar-refractivity contribution in [3.8, 4) is 0 Å². The minimum Gasteiger partial charge on any atom is -0.381 e. The first-order valence-electron chi connectivity index (χ1n) is 6.51. The van der Waals surface area contributed by atoms with Gasteiger partial charge < -0.3 is 15.4 Å². The number of hydrogen-bond acceptors (Lipinski definition) is 3. The van der Waals surface area contributed by atoms with Crippen LogP contribution in [0.4, 0.5) is 5.69 Å². The van der Waals surface area contributed by atoms with Crippen LogP contribution >= 0.6 is 15.9 Å². The molecule has 0 aliphatic carbocycles. The van der Waals surface area contributed by atoms with Crippen LogP contribution in [0, 0.1) is 0 Å². The first-order valence-corrected chi connectivity index (χ1v) is 7.30. The van der Waals surface area contributed by atoms with Crippen LogP contribution in [0.1, 0.15) is 18.4 Å². The van der Waals surface area contributed by atoms with Gasteiger partial charge in [0.2, 0.25) is 0 Å². The molecule has 1 aliphatic heterocycles. The number of nitrogens with zero attached hydrogens (tertiary/aromatic N) is 1. The highest BCUT2D eigenvalue weighted by Crippen LogP contribution is 2.30. The van der Waals surface area contributed by atoms with Crippen molar-refractivity contribution in [1.29, 1.82) is 0 Å². The number of halogens is 1. The molecule has 100 valence electrons. The standard InChI is InChI=1S/C14H21BrN2O/c1-18-12-5-8-17(9-6-12)14-3-2-11(4-7-16)10-13(14)15/h2-3,10,12H,4-9,16H2,1H3. The molecule has 1 aromatic carbocycles. The summed E-state index contributed by atoms with van der Waals surface area (Å²) in [6.45, 7) is 2.83. The highest BCUT2D eigenvalue weighted by atomic mass is 79.9. The van der Waals surface area contributed by atoms with Crippen LogP contribution in [0.25, 0.3) is 0 Å². The Labute approximate surface area is 117 Å². The van der Waals surface area contributed by atoms with Crippen LogP contribution in [-0.4, -0.2) is 32.8 Å². The molecule has 0 radical (unpaired) electrons. The van der Waals surface area contributed by atoms with Crippen LogP contribution in [-0.2, 0) is 11.2 Å². The Morgan fingerprint density at radius 3 is 2.67 bits per heavy atom. The van der Waals surface area contributed by atoms with Gasteiger partial charge in [0, 0.05) is 24.7 Å². The van der Waals surface area contributed by atoms with Gasteiger partial charge in [-0.2, -0.15) is 0 Å². The molecule has 0 unspecified atom stereocenters. The molecule has 1 saturated heterocycles.